The van der Waals surface area contributed by atoms with Gasteiger partial charge in [-0.05, 0) is 30.9 Å². The zero-order valence-corrected chi connectivity index (χ0v) is 13.8. The number of carbonyl (C=O) groups excluding carboxylic acids is 2. The number of amides is 2. The number of hydrogen-bond donors (Lipinski definition) is 2. The zero-order valence-electron chi connectivity index (χ0n) is 13.0. The highest BCUT2D eigenvalue weighted by Crippen LogP contribution is 2.23. The van der Waals surface area contributed by atoms with E-state index in [-0.39, 0.29) is 11.8 Å². The number of benzene rings is 1. The maximum absolute atomic E-state index is 11.9. The molecule has 0 spiro atoms. The Hall–Kier alpha value is -1.49. The highest BCUT2D eigenvalue weighted by atomic mass is 32.2. The largest absolute Gasteiger partial charge is 0.352 e. The Balaban J connectivity index is 1.63. The zero-order chi connectivity index (χ0) is 15.8. The van der Waals surface area contributed by atoms with Gasteiger partial charge in [-0.15, -0.1) is 11.8 Å². The number of carbonyl (C=O) groups is 2. The molecule has 1 aromatic rings. The summed E-state index contributed by atoms with van der Waals surface area (Å²) in [6.07, 6.45) is 4.73. The Kier molecular flexibility index (Phi) is 6.77. The van der Waals surface area contributed by atoms with Crippen LogP contribution < -0.4 is 10.6 Å². The van der Waals surface area contributed by atoms with Gasteiger partial charge in [0.05, 0.1) is 11.5 Å². The first-order chi connectivity index (χ1) is 10.6. The molecule has 1 fully saturated rings. The summed E-state index contributed by atoms with van der Waals surface area (Å²) in [7, 11) is 0. The van der Waals surface area contributed by atoms with Crippen LogP contribution in [0.3, 0.4) is 0 Å². The number of anilines is 1. The molecule has 1 aliphatic carbocycles. The van der Waals surface area contributed by atoms with Crippen molar-refractivity contribution < 1.29 is 9.59 Å². The van der Waals surface area contributed by atoms with Crippen molar-refractivity contribution in [3.8, 4) is 0 Å². The van der Waals surface area contributed by atoms with Crippen LogP contribution in [0, 0.1) is 5.92 Å². The summed E-state index contributed by atoms with van der Waals surface area (Å²) in [5.41, 5.74) is 0.786. The first kappa shape index (κ1) is 16.9. The third-order valence-electron chi connectivity index (χ3n) is 3.98. The molecule has 1 saturated carbocycles. The smallest absolute Gasteiger partial charge is 0.234 e. The van der Waals surface area contributed by atoms with Crippen LogP contribution in [0.1, 0.15) is 32.6 Å². The molecule has 120 valence electrons. The van der Waals surface area contributed by atoms with E-state index < -0.39 is 0 Å². The lowest BCUT2D eigenvalue weighted by Gasteiger charge is -2.29. The van der Waals surface area contributed by atoms with Crippen molar-refractivity contribution in [2.75, 3.05) is 16.8 Å². The Labute approximate surface area is 136 Å². The van der Waals surface area contributed by atoms with E-state index in [0.29, 0.717) is 23.5 Å². The molecule has 1 aromatic carbocycles. The van der Waals surface area contributed by atoms with Gasteiger partial charge in [0.15, 0.2) is 0 Å². The van der Waals surface area contributed by atoms with Gasteiger partial charge in [0.2, 0.25) is 11.8 Å². The molecule has 0 aliphatic heterocycles. The second-order valence-electron chi connectivity index (χ2n) is 5.84. The van der Waals surface area contributed by atoms with E-state index in [9.17, 15) is 9.59 Å². The lowest BCUT2D eigenvalue weighted by molar-refractivity contribution is -0.119. The van der Waals surface area contributed by atoms with Crippen molar-refractivity contribution >= 4 is 29.3 Å². The average molecular weight is 320 g/mol. The third-order valence-corrected chi connectivity index (χ3v) is 4.91. The average Bonchev–Trinajstić information content (AvgIpc) is 2.50. The standard InChI is InChI=1S/C17H24N2O2S/c1-13-7-5-6-10-15(13)19-17(21)12-22-11-16(20)18-14-8-3-2-4-9-14/h2-4,8-9,13,15H,5-7,10-12H2,1H3,(H,18,20)(H,19,21)/t13-,15-/m0/s1. The normalized spacial score (nSPS) is 21.1. The lowest BCUT2D eigenvalue weighted by Crippen LogP contribution is -2.42. The van der Waals surface area contributed by atoms with Gasteiger partial charge < -0.3 is 10.6 Å². The van der Waals surface area contributed by atoms with E-state index in [2.05, 4.69) is 17.6 Å². The van der Waals surface area contributed by atoms with Gasteiger partial charge in [0.25, 0.3) is 0 Å². The Morgan fingerprint density at radius 2 is 1.77 bits per heavy atom. The number of para-hydroxylation sites is 1. The van der Waals surface area contributed by atoms with Crippen LogP contribution in [-0.2, 0) is 9.59 Å². The minimum absolute atomic E-state index is 0.0382. The van der Waals surface area contributed by atoms with Gasteiger partial charge in [-0.2, -0.15) is 0 Å². The molecule has 2 N–H and O–H groups in total. The summed E-state index contributed by atoms with van der Waals surface area (Å²) in [6.45, 7) is 2.20. The second kappa shape index (κ2) is 8.83. The predicted octanol–water partition coefficient (Wildman–Crippen LogP) is 3.05. The van der Waals surface area contributed by atoms with Crippen molar-refractivity contribution in [3.63, 3.8) is 0 Å². The summed E-state index contributed by atoms with van der Waals surface area (Å²) in [5, 5.41) is 5.91. The van der Waals surface area contributed by atoms with Crippen LogP contribution >= 0.6 is 11.8 Å². The van der Waals surface area contributed by atoms with Gasteiger partial charge in [-0.1, -0.05) is 38.0 Å². The molecule has 2 atom stereocenters. The van der Waals surface area contributed by atoms with Crippen molar-refractivity contribution in [2.45, 2.75) is 38.6 Å². The van der Waals surface area contributed by atoms with Gasteiger partial charge in [-0.3, -0.25) is 9.59 Å². The first-order valence-electron chi connectivity index (χ1n) is 7.87. The molecule has 2 amide bonds. The molecule has 0 radical (unpaired) electrons. The molecular weight excluding hydrogens is 296 g/mol. The summed E-state index contributed by atoms with van der Waals surface area (Å²) >= 11 is 1.35. The number of nitrogens with one attached hydrogen (secondary N) is 2. The number of rotatable bonds is 6. The fourth-order valence-electron chi connectivity index (χ4n) is 2.73. The van der Waals surface area contributed by atoms with Crippen LogP contribution in [0.25, 0.3) is 0 Å². The van der Waals surface area contributed by atoms with Crippen molar-refractivity contribution in [2.24, 2.45) is 5.92 Å². The van der Waals surface area contributed by atoms with Gasteiger partial charge in [0, 0.05) is 11.7 Å². The molecule has 5 heteroatoms. The molecule has 22 heavy (non-hydrogen) atoms. The van der Waals surface area contributed by atoms with E-state index in [1.807, 2.05) is 30.3 Å². The van der Waals surface area contributed by atoms with Crippen LogP contribution in [-0.4, -0.2) is 29.4 Å². The quantitative estimate of drug-likeness (QED) is 0.847. The van der Waals surface area contributed by atoms with E-state index in [1.165, 1.54) is 31.0 Å². The second-order valence-corrected chi connectivity index (χ2v) is 6.83. The van der Waals surface area contributed by atoms with Gasteiger partial charge >= 0.3 is 0 Å². The molecule has 1 aliphatic rings. The third kappa shape index (κ3) is 5.72. The Bertz CT molecular complexity index is 493. The Morgan fingerprint density at radius 3 is 2.50 bits per heavy atom. The maximum atomic E-state index is 11.9. The van der Waals surface area contributed by atoms with Crippen molar-refractivity contribution in [1.29, 1.82) is 0 Å². The molecule has 0 heterocycles. The minimum atomic E-state index is -0.0740. The molecule has 0 bridgehead atoms. The predicted molar refractivity (Wildman–Crippen MR) is 92.0 cm³/mol. The van der Waals surface area contributed by atoms with E-state index in [4.69, 9.17) is 0 Å². The van der Waals surface area contributed by atoms with Crippen LogP contribution in [0.5, 0.6) is 0 Å². The van der Waals surface area contributed by atoms with E-state index in [0.717, 1.165) is 12.1 Å². The fourth-order valence-corrected chi connectivity index (χ4v) is 3.36. The molecule has 0 aromatic heterocycles. The Morgan fingerprint density at radius 1 is 1.09 bits per heavy atom. The number of thioether (sulfide) groups is 1. The summed E-state index contributed by atoms with van der Waals surface area (Å²) in [5.74, 6) is 1.16. The molecule has 4 nitrogen and oxygen atoms in total. The minimum Gasteiger partial charge on any atom is -0.352 e. The lowest BCUT2D eigenvalue weighted by atomic mass is 9.86. The SMILES string of the molecule is C[C@H]1CCCC[C@@H]1NC(=O)CSCC(=O)Nc1ccccc1. The summed E-state index contributed by atoms with van der Waals surface area (Å²) in [6, 6.07) is 9.66. The van der Waals surface area contributed by atoms with E-state index in [1.54, 1.807) is 0 Å². The van der Waals surface area contributed by atoms with E-state index >= 15 is 0 Å². The van der Waals surface area contributed by atoms with Crippen molar-refractivity contribution in [1.82, 2.24) is 5.32 Å². The molecule has 0 saturated heterocycles. The van der Waals surface area contributed by atoms with Crippen LogP contribution in [0.15, 0.2) is 30.3 Å². The van der Waals surface area contributed by atoms with Gasteiger partial charge in [-0.25, -0.2) is 0 Å². The summed E-state index contributed by atoms with van der Waals surface area (Å²) in [4.78, 5) is 23.7. The van der Waals surface area contributed by atoms with Gasteiger partial charge in [0.1, 0.15) is 0 Å². The van der Waals surface area contributed by atoms with Crippen LogP contribution in [0.4, 0.5) is 5.69 Å². The molecular formula is C17H24N2O2S. The van der Waals surface area contributed by atoms with Crippen molar-refractivity contribution in [3.05, 3.63) is 30.3 Å². The molecule has 0 unspecified atom stereocenters. The van der Waals surface area contributed by atoms with Crippen LogP contribution in [0.2, 0.25) is 0 Å². The first-order valence-corrected chi connectivity index (χ1v) is 9.02. The number of hydrogen-bond acceptors (Lipinski definition) is 3. The fraction of sp³-hybridized carbons (Fsp3) is 0.529. The highest BCUT2D eigenvalue weighted by Gasteiger charge is 2.22. The topological polar surface area (TPSA) is 58.2 Å². The molecule has 2 rings (SSSR count). The maximum Gasteiger partial charge on any atom is 0.234 e. The highest BCUT2D eigenvalue weighted by molar-refractivity contribution is 8.00. The summed E-state index contributed by atoms with van der Waals surface area (Å²) < 4.78 is 0. The monoisotopic (exact) mass is 320 g/mol.